The largest absolute Gasteiger partial charge is 0.481 e. The average Bonchev–Trinajstić information content (AvgIpc) is 2.04. The summed E-state index contributed by atoms with van der Waals surface area (Å²) in [4.78, 5) is 18.9. The van der Waals surface area contributed by atoms with Crippen molar-refractivity contribution in [1.29, 1.82) is 0 Å². The highest BCUT2D eigenvalue weighted by Crippen LogP contribution is 1.74. The smallest absolute Gasteiger partial charge is 0.314 e. The zero-order valence-corrected chi connectivity index (χ0v) is 7.90. The van der Waals surface area contributed by atoms with Crippen LogP contribution in [-0.4, -0.2) is 48.3 Å². The lowest BCUT2D eigenvalue weighted by Gasteiger charge is -1.95. The summed E-state index contributed by atoms with van der Waals surface area (Å²) in [5.74, 6) is -2.62. The minimum atomic E-state index is -1.31. The van der Waals surface area contributed by atoms with Crippen LogP contribution in [0.15, 0.2) is 0 Å². The Hall–Kier alpha value is -1.18. The fourth-order valence-corrected chi connectivity index (χ4v) is 0.458. The summed E-state index contributed by atoms with van der Waals surface area (Å²) >= 11 is 0. The number of hydrogen-bond donors (Lipinski definition) is 5. The molecule has 0 spiro atoms. The zero-order chi connectivity index (χ0) is 11.4. The van der Waals surface area contributed by atoms with Crippen LogP contribution in [0, 0.1) is 0 Å². The summed E-state index contributed by atoms with van der Waals surface area (Å²) in [6, 6.07) is 0. The van der Waals surface area contributed by atoms with Gasteiger partial charge in [0.2, 0.25) is 0 Å². The molecule has 0 fully saturated rings. The van der Waals surface area contributed by atoms with Gasteiger partial charge in [0.1, 0.15) is 6.42 Å². The van der Waals surface area contributed by atoms with Gasteiger partial charge in [-0.05, 0) is 0 Å². The Kier molecular flexibility index (Phi) is 12.9. The first kappa shape index (κ1) is 15.3. The molecule has 0 heterocycles. The number of rotatable bonds is 6. The summed E-state index contributed by atoms with van der Waals surface area (Å²) < 4.78 is 0. The first-order valence-corrected chi connectivity index (χ1v) is 4.09. The lowest BCUT2D eigenvalue weighted by atomic mass is 10.5. The number of carbonyl (C=O) groups is 2. The van der Waals surface area contributed by atoms with Crippen molar-refractivity contribution in [3.63, 3.8) is 0 Å². The topological polar surface area (TPSA) is 139 Å². The van der Waals surface area contributed by atoms with Crippen molar-refractivity contribution in [2.75, 3.05) is 26.2 Å². The average molecular weight is 207 g/mol. The summed E-state index contributed by atoms with van der Waals surface area (Å²) in [7, 11) is 0. The van der Waals surface area contributed by atoms with Gasteiger partial charge in [-0.15, -0.1) is 0 Å². The van der Waals surface area contributed by atoms with Crippen LogP contribution in [-0.2, 0) is 9.59 Å². The monoisotopic (exact) mass is 207 g/mol. The van der Waals surface area contributed by atoms with E-state index < -0.39 is 18.4 Å². The molecule has 0 aromatic carbocycles. The standard InChI is InChI=1S/C4H13N3.C3H4O4/c5-1-3-7-4-2-6;4-2(5)1-3(6)7/h7H,1-6H2;1H2,(H,4,5)(H,6,7). The molecule has 0 radical (unpaired) electrons. The van der Waals surface area contributed by atoms with Crippen molar-refractivity contribution in [1.82, 2.24) is 5.32 Å². The van der Waals surface area contributed by atoms with Gasteiger partial charge in [-0.2, -0.15) is 0 Å². The second-order valence-corrected chi connectivity index (χ2v) is 2.29. The third-order valence-corrected chi connectivity index (χ3v) is 0.945. The Morgan fingerprint density at radius 1 is 1.00 bits per heavy atom. The summed E-state index contributed by atoms with van der Waals surface area (Å²) in [6.07, 6.45) is -0.806. The minimum absolute atomic E-state index is 0.694. The molecule has 0 aliphatic carbocycles. The van der Waals surface area contributed by atoms with Crippen molar-refractivity contribution in [2.45, 2.75) is 6.42 Å². The van der Waals surface area contributed by atoms with Crippen LogP contribution < -0.4 is 16.8 Å². The second kappa shape index (κ2) is 11.8. The third-order valence-electron chi connectivity index (χ3n) is 0.945. The molecule has 0 aliphatic rings. The van der Waals surface area contributed by atoms with Crippen molar-refractivity contribution < 1.29 is 19.8 Å². The highest BCUT2D eigenvalue weighted by molar-refractivity contribution is 5.88. The molecule has 0 bridgehead atoms. The Morgan fingerprint density at radius 2 is 1.36 bits per heavy atom. The lowest BCUT2D eigenvalue weighted by molar-refractivity contribution is -0.147. The van der Waals surface area contributed by atoms with E-state index in [2.05, 4.69) is 5.32 Å². The van der Waals surface area contributed by atoms with Gasteiger partial charge < -0.3 is 27.0 Å². The number of carboxylic acids is 2. The number of carboxylic acid groups (broad SMARTS) is 2. The summed E-state index contributed by atoms with van der Waals surface area (Å²) in [5, 5.41) is 18.4. The molecule has 0 aromatic rings. The maximum atomic E-state index is 9.43. The van der Waals surface area contributed by atoms with Crippen LogP contribution in [0.3, 0.4) is 0 Å². The molecule has 84 valence electrons. The van der Waals surface area contributed by atoms with Gasteiger partial charge in [-0.3, -0.25) is 9.59 Å². The molecule has 0 saturated carbocycles. The Balaban J connectivity index is 0. The molecule has 7 N–H and O–H groups in total. The highest BCUT2D eigenvalue weighted by atomic mass is 16.4. The fourth-order valence-electron chi connectivity index (χ4n) is 0.458. The van der Waals surface area contributed by atoms with E-state index in [9.17, 15) is 9.59 Å². The Labute approximate surface area is 82.1 Å². The first-order valence-electron chi connectivity index (χ1n) is 4.09. The van der Waals surface area contributed by atoms with Crippen LogP contribution in [0.25, 0.3) is 0 Å². The molecule has 0 rings (SSSR count). The molecule has 0 unspecified atom stereocenters. The molecular weight excluding hydrogens is 190 g/mol. The molecule has 7 nitrogen and oxygen atoms in total. The number of nitrogens with two attached hydrogens (primary N) is 2. The summed E-state index contributed by atoms with van der Waals surface area (Å²) in [6.45, 7) is 3.13. The lowest BCUT2D eigenvalue weighted by Crippen LogP contribution is -2.27. The van der Waals surface area contributed by atoms with Crippen molar-refractivity contribution in [3.8, 4) is 0 Å². The van der Waals surface area contributed by atoms with E-state index in [1.165, 1.54) is 0 Å². The molecule has 7 heteroatoms. The van der Waals surface area contributed by atoms with Crippen LogP contribution in [0.4, 0.5) is 0 Å². The zero-order valence-electron chi connectivity index (χ0n) is 7.90. The van der Waals surface area contributed by atoms with Gasteiger partial charge >= 0.3 is 11.9 Å². The maximum Gasteiger partial charge on any atom is 0.314 e. The van der Waals surface area contributed by atoms with Gasteiger partial charge in [0.25, 0.3) is 0 Å². The van der Waals surface area contributed by atoms with Gasteiger partial charge in [0, 0.05) is 26.2 Å². The van der Waals surface area contributed by atoms with Gasteiger partial charge in [-0.1, -0.05) is 0 Å². The van der Waals surface area contributed by atoms with Crippen LogP contribution >= 0.6 is 0 Å². The van der Waals surface area contributed by atoms with E-state index >= 15 is 0 Å². The van der Waals surface area contributed by atoms with E-state index in [0.29, 0.717) is 13.1 Å². The van der Waals surface area contributed by atoms with E-state index in [1.807, 2.05) is 0 Å². The van der Waals surface area contributed by atoms with E-state index in [1.54, 1.807) is 0 Å². The Morgan fingerprint density at radius 3 is 1.50 bits per heavy atom. The SMILES string of the molecule is NCCNCCN.O=C(O)CC(=O)O. The predicted molar refractivity (Wildman–Crippen MR) is 50.9 cm³/mol. The van der Waals surface area contributed by atoms with Gasteiger partial charge in [-0.25, -0.2) is 0 Å². The maximum absolute atomic E-state index is 9.43. The quantitative estimate of drug-likeness (QED) is 0.252. The van der Waals surface area contributed by atoms with Crippen molar-refractivity contribution in [3.05, 3.63) is 0 Å². The normalized spacial score (nSPS) is 8.71. The minimum Gasteiger partial charge on any atom is -0.481 e. The molecule has 0 amide bonds. The molecule has 0 aromatic heterocycles. The number of nitrogens with one attached hydrogen (secondary N) is 1. The number of aliphatic carboxylic acids is 2. The summed E-state index contributed by atoms with van der Waals surface area (Å²) in [5.41, 5.74) is 10.3. The van der Waals surface area contributed by atoms with E-state index in [0.717, 1.165) is 13.1 Å². The Bertz CT molecular complexity index is 147. The molecular formula is C7H17N3O4. The van der Waals surface area contributed by atoms with Crippen LogP contribution in [0.5, 0.6) is 0 Å². The molecule has 0 atom stereocenters. The van der Waals surface area contributed by atoms with Gasteiger partial charge in [0.15, 0.2) is 0 Å². The fraction of sp³-hybridized carbons (Fsp3) is 0.714. The predicted octanol–water partition coefficient (Wildman–Crippen LogP) is -1.96. The van der Waals surface area contributed by atoms with Crippen LogP contribution in [0.1, 0.15) is 6.42 Å². The van der Waals surface area contributed by atoms with Crippen molar-refractivity contribution in [2.24, 2.45) is 11.5 Å². The number of hydrogen-bond acceptors (Lipinski definition) is 5. The second-order valence-electron chi connectivity index (χ2n) is 2.29. The van der Waals surface area contributed by atoms with E-state index in [-0.39, 0.29) is 0 Å². The highest BCUT2D eigenvalue weighted by Gasteiger charge is 2.01. The van der Waals surface area contributed by atoms with Crippen molar-refractivity contribution >= 4 is 11.9 Å². The van der Waals surface area contributed by atoms with E-state index in [4.69, 9.17) is 21.7 Å². The molecule has 0 saturated heterocycles. The van der Waals surface area contributed by atoms with Gasteiger partial charge in [0.05, 0.1) is 0 Å². The van der Waals surface area contributed by atoms with Crippen LogP contribution in [0.2, 0.25) is 0 Å². The molecule has 14 heavy (non-hydrogen) atoms. The first-order chi connectivity index (χ1) is 6.54. The third kappa shape index (κ3) is 22.4. The molecule has 0 aliphatic heterocycles.